The Morgan fingerprint density at radius 3 is 2.81 bits per heavy atom. The number of benzene rings is 1. The average molecular weight is 281 g/mol. The van der Waals surface area contributed by atoms with Crippen molar-refractivity contribution in [1.82, 2.24) is 15.3 Å². The molecule has 3 rings (SSSR count). The lowest BCUT2D eigenvalue weighted by molar-refractivity contribution is 0.537. The Bertz CT molecular complexity index is 633. The molecule has 1 aliphatic rings. The van der Waals surface area contributed by atoms with Crippen LogP contribution in [-0.4, -0.2) is 16.5 Å². The van der Waals surface area contributed by atoms with E-state index in [9.17, 15) is 0 Å². The number of fused-ring (bicyclic) bond motifs is 1. The molecule has 1 aromatic carbocycles. The zero-order valence-electron chi connectivity index (χ0n) is 12.7. The number of nitrogens with one attached hydrogen (secondary N) is 1. The van der Waals surface area contributed by atoms with Gasteiger partial charge >= 0.3 is 0 Å². The fraction of sp³-hybridized carbons (Fsp3) is 0.444. The highest BCUT2D eigenvalue weighted by Gasteiger charge is 2.19. The van der Waals surface area contributed by atoms with E-state index in [1.165, 1.54) is 31.3 Å². The molecule has 0 spiro atoms. The first-order valence-electron chi connectivity index (χ1n) is 8.02. The summed E-state index contributed by atoms with van der Waals surface area (Å²) in [5, 5.41) is 3.65. The summed E-state index contributed by atoms with van der Waals surface area (Å²) in [6.45, 7) is 3.21. The Morgan fingerprint density at radius 2 is 2.05 bits per heavy atom. The van der Waals surface area contributed by atoms with Gasteiger partial charge < -0.3 is 5.32 Å². The minimum atomic E-state index is 0.224. The van der Waals surface area contributed by atoms with Crippen LogP contribution in [-0.2, 0) is 0 Å². The lowest BCUT2D eigenvalue weighted by atomic mass is 9.92. The molecule has 1 aliphatic carbocycles. The van der Waals surface area contributed by atoms with Crippen LogP contribution in [0.1, 0.15) is 50.8 Å². The Kier molecular flexibility index (Phi) is 4.61. The van der Waals surface area contributed by atoms with Crippen LogP contribution >= 0.6 is 0 Å². The summed E-state index contributed by atoms with van der Waals surface area (Å²) >= 11 is 0. The van der Waals surface area contributed by atoms with Gasteiger partial charge in [0.2, 0.25) is 0 Å². The highest BCUT2D eigenvalue weighted by atomic mass is 15.0. The van der Waals surface area contributed by atoms with Gasteiger partial charge in [-0.1, -0.05) is 30.7 Å². The van der Waals surface area contributed by atoms with Crippen molar-refractivity contribution in [3.05, 3.63) is 47.8 Å². The predicted octanol–water partition coefficient (Wildman–Crippen LogP) is 4.17. The molecule has 3 heteroatoms. The second-order valence-corrected chi connectivity index (χ2v) is 5.70. The van der Waals surface area contributed by atoms with E-state index in [2.05, 4.69) is 23.3 Å². The molecule has 1 atom stereocenters. The van der Waals surface area contributed by atoms with Gasteiger partial charge in [0.05, 0.1) is 29.0 Å². The van der Waals surface area contributed by atoms with E-state index in [1.807, 2.05) is 30.5 Å². The molecular weight excluding hydrogens is 258 g/mol. The molecule has 1 N–H and O–H groups in total. The molecule has 0 saturated carbocycles. The van der Waals surface area contributed by atoms with Gasteiger partial charge in [0.25, 0.3) is 0 Å². The van der Waals surface area contributed by atoms with E-state index < -0.39 is 0 Å². The lowest BCUT2D eigenvalue weighted by Crippen LogP contribution is -2.25. The molecule has 110 valence electrons. The summed E-state index contributed by atoms with van der Waals surface area (Å²) in [4.78, 5) is 9.41. The van der Waals surface area contributed by atoms with Crippen molar-refractivity contribution >= 4 is 11.0 Å². The SMILES string of the molecule is CCCNC(C1=CCCCC1)c1cnc2ccccc2n1. The number of hydrogen-bond acceptors (Lipinski definition) is 3. The fourth-order valence-corrected chi connectivity index (χ4v) is 2.95. The average Bonchev–Trinajstić information content (AvgIpc) is 2.56. The van der Waals surface area contributed by atoms with Gasteiger partial charge in [0.15, 0.2) is 0 Å². The second-order valence-electron chi connectivity index (χ2n) is 5.70. The Balaban J connectivity index is 1.94. The van der Waals surface area contributed by atoms with Gasteiger partial charge in [-0.25, -0.2) is 4.98 Å². The number of hydrogen-bond donors (Lipinski definition) is 1. The smallest absolute Gasteiger partial charge is 0.0890 e. The molecule has 21 heavy (non-hydrogen) atoms. The fourth-order valence-electron chi connectivity index (χ4n) is 2.95. The van der Waals surface area contributed by atoms with Crippen LogP contribution in [0.3, 0.4) is 0 Å². The van der Waals surface area contributed by atoms with E-state index >= 15 is 0 Å². The molecule has 0 radical (unpaired) electrons. The van der Waals surface area contributed by atoms with Crippen molar-refractivity contribution in [1.29, 1.82) is 0 Å². The Hall–Kier alpha value is -1.74. The molecular formula is C18H23N3. The summed E-state index contributed by atoms with van der Waals surface area (Å²) in [6.07, 6.45) is 10.4. The molecule has 0 saturated heterocycles. The zero-order chi connectivity index (χ0) is 14.5. The first-order valence-corrected chi connectivity index (χ1v) is 8.02. The van der Waals surface area contributed by atoms with Gasteiger partial charge in [-0.2, -0.15) is 0 Å². The van der Waals surface area contributed by atoms with Crippen molar-refractivity contribution in [2.75, 3.05) is 6.54 Å². The predicted molar refractivity (Wildman–Crippen MR) is 87.1 cm³/mol. The molecule has 0 amide bonds. The summed E-state index contributed by atoms with van der Waals surface area (Å²) in [7, 11) is 0. The maximum absolute atomic E-state index is 4.84. The first-order chi connectivity index (χ1) is 10.4. The molecule has 1 heterocycles. The molecule has 2 aromatic rings. The zero-order valence-corrected chi connectivity index (χ0v) is 12.7. The van der Waals surface area contributed by atoms with Crippen LogP contribution in [0.15, 0.2) is 42.1 Å². The van der Waals surface area contributed by atoms with Crippen molar-refractivity contribution in [3.63, 3.8) is 0 Å². The van der Waals surface area contributed by atoms with Crippen molar-refractivity contribution in [3.8, 4) is 0 Å². The highest BCUT2D eigenvalue weighted by molar-refractivity contribution is 5.73. The van der Waals surface area contributed by atoms with Crippen LogP contribution in [0.25, 0.3) is 11.0 Å². The molecule has 0 fully saturated rings. The third-order valence-electron chi connectivity index (χ3n) is 4.06. The summed E-state index contributed by atoms with van der Waals surface area (Å²) in [5.74, 6) is 0. The first kappa shape index (κ1) is 14.2. The van der Waals surface area contributed by atoms with E-state index in [0.717, 1.165) is 29.7 Å². The van der Waals surface area contributed by atoms with Crippen LogP contribution in [0, 0.1) is 0 Å². The standard InChI is InChI=1S/C18H23N3/c1-2-12-19-18(14-8-4-3-5-9-14)17-13-20-15-10-6-7-11-16(15)21-17/h6-8,10-11,13,18-19H,2-5,9,12H2,1H3. The molecule has 0 aliphatic heterocycles. The Labute approximate surface area is 126 Å². The topological polar surface area (TPSA) is 37.8 Å². The van der Waals surface area contributed by atoms with Gasteiger partial charge in [-0.05, 0) is 50.8 Å². The quantitative estimate of drug-likeness (QED) is 0.836. The van der Waals surface area contributed by atoms with Gasteiger partial charge in [-0.15, -0.1) is 0 Å². The minimum Gasteiger partial charge on any atom is -0.305 e. The summed E-state index contributed by atoms with van der Waals surface area (Å²) in [5.41, 5.74) is 4.48. The van der Waals surface area contributed by atoms with E-state index in [-0.39, 0.29) is 6.04 Å². The normalized spacial score (nSPS) is 16.7. The number of nitrogens with zero attached hydrogens (tertiary/aromatic N) is 2. The molecule has 1 unspecified atom stereocenters. The van der Waals surface area contributed by atoms with E-state index in [4.69, 9.17) is 4.98 Å². The monoisotopic (exact) mass is 281 g/mol. The number of para-hydroxylation sites is 2. The largest absolute Gasteiger partial charge is 0.305 e. The van der Waals surface area contributed by atoms with Crippen LogP contribution < -0.4 is 5.32 Å². The highest BCUT2D eigenvalue weighted by Crippen LogP contribution is 2.29. The van der Waals surface area contributed by atoms with Crippen LogP contribution in [0.5, 0.6) is 0 Å². The van der Waals surface area contributed by atoms with E-state index in [0.29, 0.717) is 0 Å². The van der Waals surface area contributed by atoms with Crippen molar-refractivity contribution < 1.29 is 0 Å². The second kappa shape index (κ2) is 6.81. The van der Waals surface area contributed by atoms with Gasteiger partial charge in [0.1, 0.15) is 0 Å². The van der Waals surface area contributed by atoms with Crippen LogP contribution in [0.2, 0.25) is 0 Å². The number of allylic oxidation sites excluding steroid dienone is 1. The van der Waals surface area contributed by atoms with Crippen molar-refractivity contribution in [2.24, 2.45) is 0 Å². The molecule has 0 bridgehead atoms. The maximum Gasteiger partial charge on any atom is 0.0890 e. The number of aromatic nitrogens is 2. The molecule has 1 aromatic heterocycles. The van der Waals surface area contributed by atoms with Gasteiger partial charge in [-0.3, -0.25) is 4.98 Å². The van der Waals surface area contributed by atoms with Crippen LogP contribution in [0.4, 0.5) is 0 Å². The lowest BCUT2D eigenvalue weighted by Gasteiger charge is -2.24. The third kappa shape index (κ3) is 3.30. The van der Waals surface area contributed by atoms with E-state index in [1.54, 1.807) is 0 Å². The summed E-state index contributed by atoms with van der Waals surface area (Å²) < 4.78 is 0. The summed E-state index contributed by atoms with van der Waals surface area (Å²) in [6, 6.07) is 8.31. The minimum absolute atomic E-state index is 0.224. The third-order valence-corrected chi connectivity index (χ3v) is 4.06. The molecule has 3 nitrogen and oxygen atoms in total. The van der Waals surface area contributed by atoms with Crippen molar-refractivity contribution in [2.45, 2.75) is 45.1 Å². The Morgan fingerprint density at radius 1 is 1.19 bits per heavy atom. The maximum atomic E-state index is 4.84. The number of rotatable bonds is 5. The van der Waals surface area contributed by atoms with Gasteiger partial charge in [0, 0.05) is 0 Å².